The molecule has 4 rings (SSSR count). The normalized spacial score (nSPS) is 11.0. The predicted molar refractivity (Wildman–Crippen MR) is 101 cm³/mol. The Labute approximate surface area is 154 Å². The lowest BCUT2D eigenvalue weighted by Gasteiger charge is -2.11. The summed E-state index contributed by atoms with van der Waals surface area (Å²) in [6, 6.07) is 18.1. The van der Waals surface area contributed by atoms with Crippen molar-refractivity contribution in [3.8, 4) is 11.3 Å². The maximum Gasteiger partial charge on any atom is 0.274 e. The van der Waals surface area contributed by atoms with Gasteiger partial charge in [0.05, 0.1) is 17.6 Å². The predicted octanol–water partition coefficient (Wildman–Crippen LogP) is 3.40. The van der Waals surface area contributed by atoms with E-state index < -0.39 is 0 Å². The fourth-order valence-corrected chi connectivity index (χ4v) is 3.10. The van der Waals surface area contributed by atoms with Gasteiger partial charge in [0.25, 0.3) is 5.56 Å². The van der Waals surface area contributed by atoms with E-state index in [-0.39, 0.29) is 12.1 Å². The van der Waals surface area contributed by atoms with Crippen LogP contribution in [0.15, 0.2) is 77.9 Å². The highest BCUT2D eigenvalue weighted by molar-refractivity contribution is 6.30. The van der Waals surface area contributed by atoms with E-state index in [4.69, 9.17) is 11.6 Å². The Bertz CT molecular complexity index is 1150. The topological polar surface area (TPSA) is 61.8 Å². The smallest absolute Gasteiger partial charge is 0.274 e. The van der Waals surface area contributed by atoms with Crippen LogP contribution in [0.3, 0.4) is 0 Å². The Balaban J connectivity index is 1.92. The van der Waals surface area contributed by atoms with Crippen LogP contribution in [0.4, 0.5) is 0 Å². The second-order valence-electron chi connectivity index (χ2n) is 5.93. The minimum absolute atomic E-state index is 0.176. The molecule has 0 aliphatic heterocycles. The first-order valence-electron chi connectivity index (χ1n) is 8.05. The molecule has 0 unspecified atom stereocenters. The van der Waals surface area contributed by atoms with E-state index in [1.807, 2.05) is 36.4 Å². The average molecular weight is 364 g/mol. The van der Waals surface area contributed by atoms with Crippen LogP contribution in [0, 0.1) is 5.21 Å². The molecular formula is C20H14ClN3O2. The molecule has 2 heterocycles. The Kier molecular flexibility index (Phi) is 4.14. The first-order valence-corrected chi connectivity index (χ1v) is 8.43. The number of hydrogen-bond donors (Lipinski definition) is 0. The molecule has 2 aromatic carbocycles. The molecule has 0 saturated carbocycles. The van der Waals surface area contributed by atoms with Crippen molar-refractivity contribution in [2.45, 2.75) is 6.54 Å². The molecule has 0 aliphatic rings. The second kappa shape index (κ2) is 6.61. The van der Waals surface area contributed by atoms with Crippen LogP contribution in [0.25, 0.3) is 22.0 Å². The van der Waals surface area contributed by atoms with E-state index in [0.717, 1.165) is 16.5 Å². The molecule has 0 saturated heterocycles. The minimum Gasteiger partial charge on any atom is -0.619 e. The molecule has 0 atom stereocenters. The number of pyridine rings is 1. The standard InChI is InChI=1S/C20H14ClN3O2/c21-16-5-3-4-15(12-16)19-17-6-1-2-7-18(17)20(25)24(22-19)13-14-8-10-23(26)11-9-14/h1-12H,13H2. The number of fused-ring (bicyclic) bond motifs is 1. The van der Waals surface area contributed by atoms with Crippen molar-refractivity contribution in [3.63, 3.8) is 0 Å². The van der Waals surface area contributed by atoms with Crippen molar-refractivity contribution in [3.05, 3.63) is 99.2 Å². The van der Waals surface area contributed by atoms with Crippen molar-refractivity contribution >= 4 is 22.4 Å². The molecule has 0 aliphatic carbocycles. The minimum atomic E-state index is -0.176. The first kappa shape index (κ1) is 16.3. The fourth-order valence-electron chi connectivity index (χ4n) is 2.91. The zero-order chi connectivity index (χ0) is 18.1. The van der Waals surface area contributed by atoms with Gasteiger partial charge < -0.3 is 5.21 Å². The van der Waals surface area contributed by atoms with E-state index >= 15 is 0 Å². The lowest BCUT2D eigenvalue weighted by Crippen LogP contribution is -2.26. The van der Waals surface area contributed by atoms with E-state index in [2.05, 4.69) is 5.10 Å². The molecular weight excluding hydrogens is 350 g/mol. The van der Waals surface area contributed by atoms with Gasteiger partial charge in [0, 0.05) is 28.1 Å². The van der Waals surface area contributed by atoms with Crippen LogP contribution in [0.2, 0.25) is 5.02 Å². The summed E-state index contributed by atoms with van der Waals surface area (Å²) >= 11 is 6.13. The van der Waals surface area contributed by atoms with Crippen LogP contribution in [0.5, 0.6) is 0 Å². The van der Waals surface area contributed by atoms with Gasteiger partial charge >= 0.3 is 0 Å². The molecule has 6 heteroatoms. The average Bonchev–Trinajstić information content (AvgIpc) is 2.66. The summed E-state index contributed by atoms with van der Waals surface area (Å²) in [5, 5.41) is 17.8. The van der Waals surface area contributed by atoms with Crippen LogP contribution in [0.1, 0.15) is 5.56 Å². The van der Waals surface area contributed by atoms with Crippen molar-refractivity contribution in [2.24, 2.45) is 0 Å². The quantitative estimate of drug-likeness (QED) is 0.414. The monoisotopic (exact) mass is 363 g/mol. The molecule has 5 nitrogen and oxygen atoms in total. The summed E-state index contributed by atoms with van der Waals surface area (Å²) < 4.78 is 2.13. The van der Waals surface area contributed by atoms with E-state index in [0.29, 0.717) is 20.8 Å². The largest absolute Gasteiger partial charge is 0.619 e. The summed E-state index contributed by atoms with van der Waals surface area (Å²) in [4.78, 5) is 12.9. The van der Waals surface area contributed by atoms with Gasteiger partial charge in [-0.1, -0.05) is 41.9 Å². The van der Waals surface area contributed by atoms with E-state index in [1.54, 1.807) is 24.3 Å². The van der Waals surface area contributed by atoms with E-state index in [9.17, 15) is 10.0 Å². The molecule has 4 aromatic rings. The highest BCUT2D eigenvalue weighted by Crippen LogP contribution is 2.26. The molecule has 26 heavy (non-hydrogen) atoms. The summed E-state index contributed by atoms with van der Waals surface area (Å²) in [6.07, 6.45) is 2.80. The maximum atomic E-state index is 12.9. The summed E-state index contributed by atoms with van der Waals surface area (Å²) in [5.74, 6) is 0. The van der Waals surface area contributed by atoms with Crippen molar-refractivity contribution in [1.82, 2.24) is 9.78 Å². The Morgan fingerprint density at radius 2 is 1.73 bits per heavy atom. The number of halogens is 1. The van der Waals surface area contributed by atoms with Gasteiger partial charge in [-0.3, -0.25) is 4.79 Å². The fraction of sp³-hybridized carbons (Fsp3) is 0.0500. The molecule has 0 spiro atoms. The van der Waals surface area contributed by atoms with Crippen LogP contribution >= 0.6 is 11.6 Å². The zero-order valence-electron chi connectivity index (χ0n) is 13.7. The number of benzene rings is 2. The van der Waals surface area contributed by atoms with Crippen molar-refractivity contribution in [2.75, 3.05) is 0 Å². The van der Waals surface area contributed by atoms with Gasteiger partial charge in [-0.2, -0.15) is 9.83 Å². The molecule has 0 bridgehead atoms. The van der Waals surface area contributed by atoms with Gasteiger partial charge in [-0.05, 0) is 23.8 Å². The Morgan fingerprint density at radius 3 is 2.46 bits per heavy atom. The molecule has 2 aromatic heterocycles. The third kappa shape index (κ3) is 3.05. The Hall–Kier alpha value is -3.18. The zero-order valence-corrected chi connectivity index (χ0v) is 14.4. The lowest BCUT2D eigenvalue weighted by atomic mass is 10.1. The van der Waals surface area contributed by atoms with E-state index in [1.165, 1.54) is 17.1 Å². The first-order chi connectivity index (χ1) is 12.6. The molecule has 128 valence electrons. The van der Waals surface area contributed by atoms with Crippen molar-refractivity contribution < 1.29 is 4.73 Å². The SMILES string of the molecule is O=c1c2ccccc2c(-c2cccc(Cl)c2)nn1Cc1cc[n+]([O-])cc1. The van der Waals surface area contributed by atoms with Gasteiger partial charge in [0.2, 0.25) is 0 Å². The molecule has 0 amide bonds. The summed E-state index contributed by atoms with van der Waals surface area (Å²) in [5.41, 5.74) is 2.18. The van der Waals surface area contributed by atoms with Gasteiger partial charge in [0.15, 0.2) is 12.4 Å². The maximum absolute atomic E-state index is 12.9. The van der Waals surface area contributed by atoms with Gasteiger partial charge in [0.1, 0.15) is 0 Å². The number of hydrogen-bond acceptors (Lipinski definition) is 3. The van der Waals surface area contributed by atoms with Crippen molar-refractivity contribution in [1.29, 1.82) is 0 Å². The third-order valence-corrected chi connectivity index (χ3v) is 4.40. The van der Waals surface area contributed by atoms with Crippen LogP contribution in [-0.2, 0) is 6.54 Å². The van der Waals surface area contributed by atoms with Gasteiger partial charge in [-0.25, -0.2) is 4.68 Å². The number of rotatable bonds is 3. The van der Waals surface area contributed by atoms with Gasteiger partial charge in [-0.15, -0.1) is 0 Å². The van der Waals surface area contributed by atoms with Crippen LogP contribution in [-0.4, -0.2) is 9.78 Å². The lowest BCUT2D eigenvalue weighted by molar-refractivity contribution is -0.605. The molecule has 0 fully saturated rings. The summed E-state index contributed by atoms with van der Waals surface area (Å²) in [6.45, 7) is 0.276. The Morgan fingerprint density at radius 1 is 1.00 bits per heavy atom. The third-order valence-electron chi connectivity index (χ3n) is 4.17. The number of nitrogens with zero attached hydrogens (tertiary/aromatic N) is 3. The summed E-state index contributed by atoms with van der Waals surface area (Å²) in [7, 11) is 0. The van der Waals surface area contributed by atoms with Crippen LogP contribution < -0.4 is 10.3 Å². The number of aromatic nitrogens is 3. The molecule has 0 N–H and O–H groups in total. The second-order valence-corrected chi connectivity index (χ2v) is 6.37. The highest BCUT2D eigenvalue weighted by Gasteiger charge is 2.13. The molecule has 0 radical (unpaired) electrons. The highest BCUT2D eigenvalue weighted by atomic mass is 35.5.